The first kappa shape index (κ1) is 33.1. The minimum Gasteiger partial charge on any atom is -0.462 e. The van der Waals surface area contributed by atoms with Crippen molar-refractivity contribution >= 4 is 39.8 Å². The van der Waals surface area contributed by atoms with E-state index in [1.54, 1.807) is 0 Å². The molecule has 4 heterocycles. The molecule has 0 saturated carbocycles. The van der Waals surface area contributed by atoms with Gasteiger partial charge in [0.25, 0.3) is 0 Å². The summed E-state index contributed by atoms with van der Waals surface area (Å²) in [7, 11) is 2.07. The average molecular weight is 671 g/mol. The van der Waals surface area contributed by atoms with E-state index in [1.807, 2.05) is 35.2 Å². The SMILES string of the molecule is CN1CCC[C@H]1COc1nc2c(c(N3CCN(C(=O)C[C@@H](N)C(F)(F)F)[C@@H](CC#N)C3)n1)CCN(c1cccc3cccc(Cl)c13)C2. The molecule has 1 aromatic heterocycles. The molecule has 2 N–H and O–H groups in total. The summed E-state index contributed by atoms with van der Waals surface area (Å²) in [5.74, 6) is -0.0454. The van der Waals surface area contributed by atoms with Gasteiger partial charge >= 0.3 is 12.2 Å². The molecule has 47 heavy (non-hydrogen) atoms. The molecule has 3 atom stereocenters. The second-order valence-electron chi connectivity index (χ2n) is 12.5. The monoisotopic (exact) mass is 670 g/mol. The highest BCUT2D eigenvalue weighted by atomic mass is 35.5. The number of aromatic nitrogens is 2. The van der Waals surface area contributed by atoms with E-state index in [0.29, 0.717) is 43.5 Å². The number of alkyl halides is 3. The number of nitrogens with zero attached hydrogens (tertiary/aromatic N) is 7. The van der Waals surface area contributed by atoms with Crippen LogP contribution in [0.15, 0.2) is 36.4 Å². The quantitative estimate of drug-likeness (QED) is 0.369. The van der Waals surface area contributed by atoms with Crippen molar-refractivity contribution in [2.75, 3.05) is 56.2 Å². The summed E-state index contributed by atoms with van der Waals surface area (Å²) in [6.07, 6.45) is -2.84. The molecule has 3 aliphatic rings. The van der Waals surface area contributed by atoms with E-state index in [1.165, 1.54) is 4.90 Å². The molecule has 2 fully saturated rings. The molecule has 0 spiro atoms. The van der Waals surface area contributed by atoms with E-state index in [9.17, 15) is 23.2 Å². The molecular formula is C33H38ClF3N8O2. The number of nitrogens with two attached hydrogens (primary N) is 1. The predicted octanol–water partition coefficient (Wildman–Crippen LogP) is 4.53. The maximum Gasteiger partial charge on any atom is 0.404 e. The van der Waals surface area contributed by atoms with Crippen molar-refractivity contribution in [2.24, 2.45) is 5.73 Å². The number of benzene rings is 2. The maximum absolute atomic E-state index is 13.1. The lowest BCUT2D eigenvalue weighted by Crippen LogP contribution is -2.57. The Morgan fingerprint density at radius 2 is 1.91 bits per heavy atom. The predicted molar refractivity (Wildman–Crippen MR) is 173 cm³/mol. The fourth-order valence-corrected chi connectivity index (χ4v) is 7.18. The average Bonchev–Trinajstić information content (AvgIpc) is 3.46. The van der Waals surface area contributed by atoms with Crippen molar-refractivity contribution in [1.82, 2.24) is 19.8 Å². The number of piperazine rings is 1. The summed E-state index contributed by atoms with van der Waals surface area (Å²) in [6.45, 7) is 3.31. The third-order valence-corrected chi connectivity index (χ3v) is 9.83. The van der Waals surface area contributed by atoms with Crippen LogP contribution in [0.3, 0.4) is 0 Å². The second kappa shape index (κ2) is 13.7. The number of hydrogen-bond donors (Lipinski definition) is 1. The van der Waals surface area contributed by atoms with Gasteiger partial charge in [-0.3, -0.25) is 4.79 Å². The number of anilines is 2. The summed E-state index contributed by atoms with van der Waals surface area (Å²) in [5.41, 5.74) is 8.04. The molecular weight excluding hydrogens is 633 g/mol. The maximum atomic E-state index is 13.1. The number of carbonyl (C=O) groups excluding carboxylic acids is 1. The molecule has 10 nitrogen and oxygen atoms in total. The molecule has 3 aliphatic heterocycles. The highest BCUT2D eigenvalue weighted by Gasteiger charge is 2.41. The number of rotatable bonds is 8. The molecule has 2 saturated heterocycles. The first-order valence-electron chi connectivity index (χ1n) is 15.9. The summed E-state index contributed by atoms with van der Waals surface area (Å²) >= 11 is 6.68. The van der Waals surface area contributed by atoms with Gasteiger partial charge in [0.05, 0.1) is 42.2 Å². The summed E-state index contributed by atoms with van der Waals surface area (Å²) in [6, 6.07) is 11.7. The number of carbonyl (C=O) groups is 1. The lowest BCUT2D eigenvalue weighted by Gasteiger charge is -2.43. The third kappa shape index (κ3) is 7.05. The Morgan fingerprint density at radius 1 is 1.13 bits per heavy atom. The van der Waals surface area contributed by atoms with Gasteiger partial charge in [0.1, 0.15) is 18.5 Å². The van der Waals surface area contributed by atoms with Crippen molar-refractivity contribution in [3.05, 3.63) is 52.7 Å². The lowest BCUT2D eigenvalue weighted by atomic mass is 10.0. The smallest absolute Gasteiger partial charge is 0.404 e. The van der Waals surface area contributed by atoms with Crippen molar-refractivity contribution in [3.8, 4) is 12.1 Å². The van der Waals surface area contributed by atoms with Crippen LogP contribution in [0.25, 0.3) is 10.8 Å². The lowest BCUT2D eigenvalue weighted by molar-refractivity contribution is -0.159. The van der Waals surface area contributed by atoms with Gasteiger partial charge < -0.3 is 30.1 Å². The molecule has 250 valence electrons. The zero-order chi connectivity index (χ0) is 33.3. The first-order chi connectivity index (χ1) is 22.5. The van der Waals surface area contributed by atoms with Gasteiger partial charge in [-0.25, -0.2) is 0 Å². The number of hydrogen-bond acceptors (Lipinski definition) is 9. The molecule has 0 radical (unpaired) electrons. The molecule has 6 rings (SSSR count). The zero-order valence-electron chi connectivity index (χ0n) is 26.2. The molecule has 0 unspecified atom stereocenters. The Kier molecular flexibility index (Phi) is 9.64. The molecule has 0 bridgehead atoms. The minimum atomic E-state index is -4.68. The molecule has 3 aromatic rings. The number of fused-ring (bicyclic) bond motifs is 2. The van der Waals surface area contributed by atoms with Crippen molar-refractivity contribution in [3.63, 3.8) is 0 Å². The van der Waals surface area contributed by atoms with Gasteiger partial charge in [0.15, 0.2) is 0 Å². The largest absolute Gasteiger partial charge is 0.462 e. The Labute approximate surface area is 276 Å². The second-order valence-corrected chi connectivity index (χ2v) is 12.9. The Hall–Kier alpha value is -3.86. The van der Waals surface area contributed by atoms with Gasteiger partial charge in [-0.1, -0.05) is 35.9 Å². The molecule has 14 heteroatoms. The number of halogens is 4. The summed E-state index contributed by atoms with van der Waals surface area (Å²) < 4.78 is 45.6. The standard InChI is InChI=1S/C33H38ClF3N8O2/c1-42-13-4-7-23(42)20-47-32-40-26-19-43(27-9-3-6-21-5-2-8-25(34)30(21)27)14-11-24(26)31(41-32)44-15-16-45(22(18-44)10-12-38)29(46)17-28(39)33(35,36)37/h2-3,5-6,8-9,22-23,28H,4,7,10-11,13-20,39H2,1H3/t22-,23-,28+/m0/s1. The Morgan fingerprint density at radius 3 is 2.64 bits per heavy atom. The fraction of sp³-hybridized carbons (Fsp3) is 0.515. The third-order valence-electron chi connectivity index (χ3n) is 9.52. The number of nitriles is 1. The fourth-order valence-electron chi connectivity index (χ4n) is 6.90. The number of amides is 1. The molecule has 1 amide bonds. The Balaban J connectivity index is 1.30. The highest BCUT2D eigenvalue weighted by molar-refractivity contribution is 6.36. The first-order valence-corrected chi connectivity index (χ1v) is 16.3. The van der Waals surface area contributed by atoms with Crippen LogP contribution < -0.4 is 20.3 Å². The van der Waals surface area contributed by atoms with Crippen LogP contribution in [0.4, 0.5) is 24.7 Å². The van der Waals surface area contributed by atoms with Crippen molar-refractivity contribution < 1.29 is 22.7 Å². The van der Waals surface area contributed by atoms with E-state index in [2.05, 4.69) is 29.0 Å². The highest BCUT2D eigenvalue weighted by Crippen LogP contribution is 2.37. The van der Waals surface area contributed by atoms with Crippen LogP contribution in [-0.4, -0.2) is 96.4 Å². The van der Waals surface area contributed by atoms with Gasteiger partial charge in [0, 0.05) is 48.9 Å². The van der Waals surface area contributed by atoms with Gasteiger partial charge in [-0.15, -0.1) is 0 Å². The Bertz CT molecular complexity index is 1660. The van der Waals surface area contributed by atoms with E-state index in [4.69, 9.17) is 32.0 Å². The van der Waals surface area contributed by atoms with Crippen molar-refractivity contribution in [2.45, 2.75) is 63.0 Å². The van der Waals surface area contributed by atoms with Crippen LogP contribution >= 0.6 is 11.6 Å². The van der Waals surface area contributed by atoms with E-state index >= 15 is 0 Å². The van der Waals surface area contributed by atoms with Crippen LogP contribution in [0.1, 0.15) is 36.9 Å². The van der Waals surface area contributed by atoms with Crippen LogP contribution in [0, 0.1) is 11.3 Å². The van der Waals surface area contributed by atoms with E-state index in [0.717, 1.165) is 47.1 Å². The summed E-state index contributed by atoms with van der Waals surface area (Å²) in [4.78, 5) is 30.6. The summed E-state index contributed by atoms with van der Waals surface area (Å²) in [5, 5.41) is 12.3. The topological polar surface area (TPSA) is 115 Å². The minimum absolute atomic E-state index is 0.0379. The van der Waals surface area contributed by atoms with Gasteiger partial charge in [0.2, 0.25) is 5.91 Å². The van der Waals surface area contributed by atoms with Crippen molar-refractivity contribution in [1.29, 1.82) is 5.26 Å². The number of likely N-dealkylation sites (tertiary alicyclic amines) is 1. The van der Waals surface area contributed by atoms with Gasteiger partial charge in [-0.05, 0) is 50.4 Å². The van der Waals surface area contributed by atoms with E-state index < -0.39 is 30.6 Å². The normalized spacial score (nSPS) is 21.1. The molecule has 2 aromatic carbocycles. The number of likely N-dealkylation sites (N-methyl/N-ethyl adjacent to an activating group) is 1. The zero-order valence-corrected chi connectivity index (χ0v) is 27.0. The molecule has 0 aliphatic carbocycles. The van der Waals surface area contributed by atoms with Crippen LogP contribution in [0.2, 0.25) is 5.02 Å². The number of ether oxygens (including phenoxy) is 1. The van der Waals surface area contributed by atoms with Crippen LogP contribution in [-0.2, 0) is 17.8 Å². The van der Waals surface area contributed by atoms with Crippen LogP contribution in [0.5, 0.6) is 6.01 Å². The van der Waals surface area contributed by atoms with E-state index in [-0.39, 0.29) is 31.6 Å². The van der Waals surface area contributed by atoms with Gasteiger partial charge in [-0.2, -0.15) is 28.4 Å².